The average Bonchev–Trinajstić information content (AvgIpc) is 3.61. The molecule has 4 aromatic rings. The molecule has 1 atom stereocenters. The molecule has 2 aliphatic heterocycles. The third-order valence-electron chi connectivity index (χ3n) is 9.86. The Bertz CT molecular complexity index is 2000. The number of nitrogens with one attached hydrogen (secondary N) is 1. The number of methoxy groups -OCH3 is 3. The predicted octanol–water partition coefficient (Wildman–Crippen LogP) is 5.20. The van der Waals surface area contributed by atoms with Gasteiger partial charge in [0.25, 0.3) is 11.8 Å². The van der Waals surface area contributed by atoms with Crippen LogP contribution in [-0.4, -0.2) is 105 Å². The van der Waals surface area contributed by atoms with Crippen LogP contribution in [0.25, 0.3) is 10.9 Å². The number of amides is 3. The lowest BCUT2D eigenvalue weighted by Gasteiger charge is -2.36. The topological polar surface area (TPSA) is 149 Å². The van der Waals surface area contributed by atoms with Gasteiger partial charge in [-0.3, -0.25) is 14.4 Å². The second kappa shape index (κ2) is 17.3. The molecule has 14 nitrogen and oxygen atoms in total. The summed E-state index contributed by atoms with van der Waals surface area (Å²) in [6.07, 6.45) is 2.83. The zero-order valence-electron chi connectivity index (χ0n) is 31.4. The fraction of sp³-hybridized carbons (Fsp3) is 0.462. The highest BCUT2D eigenvalue weighted by atomic mass is 35.5. The highest BCUT2D eigenvalue weighted by Crippen LogP contribution is 2.44. The maximum atomic E-state index is 14.1. The first-order valence-electron chi connectivity index (χ1n) is 18.1. The zero-order chi connectivity index (χ0) is 38.4. The van der Waals surface area contributed by atoms with Crippen molar-refractivity contribution in [3.05, 3.63) is 64.0 Å². The van der Waals surface area contributed by atoms with Crippen LogP contribution in [0.3, 0.4) is 0 Å². The SMILES string of the molecule is COc1cc2nc3c(cc2c(OC)c1OC)CN(C(=O)COc1ccc(Cl)cc1C)CCCCN(C(=O)c1cc(C)on1)CC(=O)NCC1CCCN3C1. The van der Waals surface area contributed by atoms with Crippen LogP contribution in [0.15, 0.2) is 40.9 Å². The number of carbonyl (C=O) groups is 3. The van der Waals surface area contributed by atoms with Gasteiger partial charge in [-0.25, -0.2) is 4.98 Å². The average molecular weight is 763 g/mol. The molecule has 0 saturated carbocycles. The second-order valence-electron chi connectivity index (χ2n) is 13.7. The molecule has 3 amide bonds. The molecule has 288 valence electrons. The van der Waals surface area contributed by atoms with E-state index in [1.54, 1.807) is 57.4 Å². The first kappa shape index (κ1) is 38.5. The Morgan fingerprint density at radius 2 is 1.70 bits per heavy atom. The summed E-state index contributed by atoms with van der Waals surface area (Å²) in [4.78, 5) is 51.6. The lowest BCUT2D eigenvalue weighted by atomic mass is 9.97. The lowest BCUT2D eigenvalue weighted by Crippen LogP contribution is -2.46. The van der Waals surface area contributed by atoms with Crippen molar-refractivity contribution in [2.75, 3.05) is 72.1 Å². The van der Waals surface area contributed by atoms with E-state index in [9.17, 15) is 14.4 Å². The third-order valence-corrected chi connectivity index (χ3v) is 10.1. The number of pyridine rings is 1. The Labute approximate surface area is 319 Å². The minimum absolute atomic E-state index is 0.122. The normalized spacial score (nSPS) is 17.1. The third kappa shape index (κ3) is 8.75. The van der Waals surface area contributed by atoms with Gasteiger partial charge in [-0.1, -0.05) is 16.8 Å². The number of hydrogen-bond acceptors (Lipinski definition) is 11. The number of aryl methyl sites for hydroxylation is 2. The quantitative estimate of drug-likeness (QED) is 0.265. The first-order chi connectivity index (χ1) is 26.1. The van der Waals surface area contributed by atoms with E-state index in [2.05, 4.69) is 15.4 Å². The van der Waals surface area contributed by atoms with Crippen molar-refractivity contribution in [2.45, 2.75) is 46.1 Å². The minimum Gasteiger partial charge on any atom is -0.493 e. The lowest BCUT2D eigenvalue weighted by molar-refractivity contribution is -0.134. The van der Waals surface area contributed by atoms with Crippen LogP contribution in [0.4, 0.5) is 5.82 Å². The highest BCUT2D eigenvalue weighted by Gasteiger charge is 2.29. The molecular formula is C39H47ClN6O8. The molecule has 2 aromatic heterocycles. The zero-order valence-corrected chi connectivity index (χ0v) is 32.2. The summed E-state index contributed by atoms with van der Waals surface area (Å²) in [7, 11) is 4.69. The summed E-state index contributed by atoms with van der Waals surface area (Å²) in [6, 6.07) is 10.7. The van der Waals surface area contributed by atoms with Gasteiger partial charge in [0.2, 0.25) is 11.7 Å². The van der Waals surface area contributed by atoms with Gasteiger partial charge in [0.1, 0.15) is 17.3 Å². The maximum absolute atomic E-state index is 14.1. The summed E-state index contributed by atoms with van der Waals surface area (Å²) in [5.74, 6) is 2.46. The Morgan fingerprint density at radius 3 is 2.41 bits per heavy atom. The van der Waals surface area contributed by atoms with Gasteiger partial charge in [-0.05, 0) is 75.3 Å². The van der Waals surface area contributed by atoms with Gasteiger partial charge in [0.05, 0.1) is 33.4 Å². The number of hydrogen-bond donors (Lipinski definition) is 1. The van der Waals surface area contributed by atoms with E-state index in [1.165, 1.54) is 4.90 Å². The molecule has 0 radical (unpaired) electrons. The molecule has 15 heteroatoms. The van der Waals surface area contributed by atoms with E-state index < -0.39 is 0 Å². The van der Waals surface area contributed by atoms with Crippen LogP contribution < -0.4 is 29.2 Å². The summed E-state index contributed by atoms with van der Waals surface area (Å²) >= 11 is 6.17. The number of rotatable bonds is 7. The Balaban J connectivity index is 1.38. The van der Waals surface area contributed by atoms with Crippen molar-refractivity contribution < 1.29 is 37.9 Å². The van der Waals surface area contributed by atoms with Crippen LogP contribution in [0.5, 0.6) is 23.0 Å². The summed E-state index contributed by atoms with van der Waals surface area (Å²) in [5.41, 5.74) is 2.43. The summed E-state index contributed by atoms with van der Waals surface area (Å²) < 4.78 is 28.4. The Kier molecular flexibility index (Phi) is 12.3. The molecule has 0 aliphatic carbocycles. The standard InChI is InChI=1S/C39H47ClN6O8/c1-24-15-28(40)10-11-32(24)53-23-35(48)44-12-6-7-13-46(39(49)31-16-25(2)54-43-31)22-34(47)41-19-26-9-8-14-45(20-26)38-27(21-44)17-29-30(42-38)18-33(50-3)37(52-5)36(29)51-4/h10-11,15-18,26H,6-9,12-14,19-23H2,1-5H3,(H,41,47). The molecule has 1 N–H and O–H groups in total. The van der Waals surface area contributed by atoms with Crippen molar-refractivity contribution in [1.29, 1.82) is 0 Å². The molecule has 1 fully saturated rings. The van der Waals surface area contributed by atoms with E-state index in [-0.39, 0.29) is 55.6 Å². The monoisotopic (exact) mass is 762 g/mol. The van der Waals surface area contributed by atoms with E-state index in [0.717, 1.165) is 36.3 Å². The molecule has 6 rings (SSSR count). The van der Waals surface area contributed by atoms with E-state index in [1.807, 2.05) is 19.1 Å². The largest absolute Gasteiger partial charge is 0.493 e. The van der Waals surface area contributed by atoms with Crippen LogP contribution in [-0.2, 0) is 16.1 Å². The number of benzene rings is 2. The van der Waals surface area contributed by atoms with Crippen LogP contribution >= 0.6 is 11.6 Å². The highest BCUT2D eigenvalue weighted by molar-refractivity contribution is 6.30. The van der Waals surface area contributed by atoms with Gasteiger partial charge in [0.15, 0.2) is 23.8 Å². The number of fused-ring (bicyclic) bond motifs is 5. The summed E-state index contributed by atoms with van der Waals surface area (Å²) in [5, 5.41) is 8.26. The van der Waals surface area contributed by atoms with Crippen LogP contribution in [0, 0.1) is 19.8 Å². The first-order valence-corrected chi connectivity index (χ1v) is 18.5. The minimum atomic E-state index is -0.389. The molecular weight excluding hydrogens is 716 g/mol. The number of carbonyl (C=O) groups excluding carboxylic acids is 3. The predicted molar refractivity (Wildman–Crippen MR) is 203 cm³/mol. The fourth-order valence-electron chi connectivity index (χ4n) is 7.11. The van der Waals surface area contributed by atoms with Gasteiger partial charge in [0, 0.05) is 67.4 Å². The van der Waals surface area contributed by atoms with E-state index in [4.69, 9.17) is 40.1 Å². The fourth-order valence-corrected chi connectivity index (χ4v) is 7.34. The van der Waals surface area contributed by atoms with Gasteiger partial charge < -0.3 is 43.5 Å². The number of ether oxygens (including phenoxy) is 4. The number of anilines is 1. The number of halogens is 1. The Hall–Kier alpha value is -5.24. The van der Waals surface area contributed by atoms with E-state index >= 15 is 0 Å². The van der Waals surface area contributed by atoms with Crippen molar-refractivity contribution in [3.63, 3.8) is 0 Å². The molecule has 0 spiro atoms. The maximum Gasteiger partial charge on any atom is 0.276 e. The van der Waals surface area contributed by atoms with Crippen LogP contribution in [0.1, 0.15) is 53.1 Å². The second-order valence-corrected chi connectivity index (χ2v) is 14.1. The molecule has 1 unspecified atom stereocenters. The van der Waals surface area contributed by atoms with Gasteiger partial charge in [-0.15, -0.1) is 0 Å². The molecule has 2 aromatic carbocycles. The molecule has 2 bridgehead atoms. The number of piperidine rings is 1. The Morgan fingerprint density at radius 1 is 0.926 bits per heavy atom. The summed E-state index contributed by atoms with van der Waals surface area (Å²) in [6.45, 7) is 5.93. The number of nitrogens with zero attached hydrogens (tertiary/aromatic N) is 5. The van der Waals surface area contributed by atoms with Crippen molar-refractivity contribution >= 4 is 46.0 Å². The van der Waals surface area contributed by atoms with Crippen LogP contribution in [0.2, 0.25) is 5.02 Å². The smallest absolute Gasteiger partial charge is 0.276 e. The van der Waals surface area contributed by atoms with Crippen molar-refractivity contribution in [1.82, 2.24) is 25.3 Å². The van der Waals surface area contributed by atoms with Gasteiger partial charge in [-0.2, -0.15) is 0 Å². The number of aromatic nitrogens is 2. The van der Waals surface area contributed by atoms with Gasteiger partial charge >= 0.3 is 0 Å². The van der Waals surface area contributed by atoms with Crippen molar-refractivity contribution in [3.8, 4) is 23.0 Å². The molecule has 4 heterocycles. The molecule has 1 saturated heterocycles. The molecule has 2 aliphatic rings. The van der Waals surface area contributed by atoms with E-state index in [0.29, 0.717) is 77.2 Å². The van der Waals surface area contributed by atoms with Crippen molar-refractivity contribution in [2.24, 2.45) is 5.92 Å². The molecule has 54 heavy (non-hydrogen) atoms.